The number of H-pyrrole nitrogens is 1. The van der Waals surface area contributed by atoms with E-state index in [9.17, 15) is 4.79 Å². The third-order valence-corrected chi connectivity index (χ3v) is 3.42. The maximum absolute atomic E-state index is 11.8. The average molecular weight is 269 g/mol. The molecule has 1 aromatic heterocycles. The molecule has 1 aliphatic rings. The van der Waals surface area contributed by atoms with Gasteiger partial charge in [-0.05, 0) is 12.1 Å². The van der Waals surface area contributed by atoms with Gasteiger partial charge >= 0.3 is 0 Å². The topological polar surface area (TPSA) is 57.7 Å². The van der Waals surface area contributed by atoms with E-state index in [1.165, 1.54) is 0 Å². The number of para-hydroxylation sites is 1. The Bertz CT molecular complexity index is 728. The number of nitrogens with zero attached hydrogens (tertiary/aromatic N) is 2. The van der Waals surface area contributed by atoms with E-state index in [4.69, 9.17) is 4.74 Å². The quantitative estimate of drug-likeness (QED) is 0.861. The van der Waals surface area contributed by atoms with Crippen LogP contribution >= 0.6 is 0 Å². The number of hydrogen-bond donors (Lipinski definition) is 1. The molecule has 1 aliphatic heterocycles. The number of carbonyl (C=O) groups is 1. The van der Waals surface area contributed by atoms with Crippen molar-refractivity contribution in [3.63, 3.8) is 0 Å². The highest BCUT2D eigenvalue weighted by atomic mass is 16.5. The van der Waals surface area contributed by atoms with Crippen LogP contribution in [0.3, 0.4) is 0 Å². The third-order valence-electron chi connectivity index (χ3n) is 3.42. The summed E-state index contributed by atoms with van der Waals surface area (Å²) in [5.41, 5.74) is 2.73. The number of aromatic amines is 1. The number of benzene rings is 1. The van der Waals surface area contributed by atoms with Gasteiger partial charge in [0.1, 0.15) is 12.2 Å². The summed E-state index contributed by atoms with van der Waals surface area (Å²) in [6, 6.07) is 8.01. The summed E-state index contributed by atoms with van der Waals surface area (Å²) in [6.07, 6.45) is 3.83. The maximum Gasteiger partial charge on any atom is 0.248 e. The van der Waals surface area contributed by atoms with Crippen LogP contribution in [0.2, 0.25) is 0 Å². The number of carbonyl (C=O) groups excluding carboxylic acids is 1. The first-order chi connectivity index (χ1) is 9.70. The van der Waals surface area contributed by atoms with Gasteiger partial charge in [-0.2, -0.15) is 0 Å². The molecule has 5 nitrogen and oxygen atoms in total. The van der Waals surface area contributed by atoms with Crippen LogP contribution in [0, 0.1) is 0 Å². The molecule has 20 heavy (non-hydrogen) atoms. The Hall–Kier alpha value is -2.56. The maximum atomic E-state index is 11.8. The largest absolute Gasteiger partial charge is 0.480 e. The SMILES string of the molecule is COC1=NCC(=O)N(C)/C1=C\c1c[nH]c2ccccc12. The number of amides is 1. The summed E-state index contributed by atoms with van der Waals surface area (Å²) >= 11 is 0. The van der Waals surface area contributed by atoms with Gasteiger partial charge in [0.05, 0.1) is 7.11 Å². The molecule has 0 radical (unpaired) electrons. The highest BCUT2D eigenvalue weighted by Crippen LogP contribution is 2.22. The van der Waals surface area contributed by atoms with Crippen molar-refractivity contribution in [1.29, 1.82) is 0 Å². The predicted molar refractivity (Wildman–Crippen MR) is 78.4 cm³/mol. The van der Waals surface area contributed by atoms with Gasteiger partial charge in [-0.25, -0.2) is 4.99 Å². The Balaban J connectivity index is 2.12. The standard InChI is InChI=1S/C15H15N3O2/c1-18-13(15(20-2)17-9-14(18)19)7-10-8-16-12-6-4-3-5-11(10)12/h3-8,16H,9H2,1-2H3/b13-7-. The highest BCUT2D eigenvalue weighted by Gasteiger charge is 2.24. The highest BCUT2D eigenvalue weighted by molar-refractivity contribution is 6.06. The van der Waals surface area contributed by atoms with E-state index in [0.717, 1.165) is 16.5 Å². The molecule has 0 saturated carbocycles. The molecular weight excluding hydrogens is 254 g/mol. The third kappa shape index (κ3) is 1.97. The van der Waals surface area contributed by atoms with Crippen molar-refractivity contribution in [1.82, 2.24) is 9.88 Å². The second kappa shape index (κ2) is 4.85. The number of nitrogens with one attached hydrogen (secondary N) is 1. The first-order valence-corrected chi connectivity index (χ1v) is 6.34. The first kappa shape index (κ1) is 12.5. The zero-order chi connectivity index (χ0) is 14.1. The van der Waals surface area contributed by atoms with Crippen LogP contribution in [0.25, 0.3) is 17.0 Å². The molecule has 0 spiro atoms. The molecule has 0 saturated heterocycles. The van der Waals surface area contributed by atoms with Crippen LogP contribution in [0.5, 0.6) is 0 Å². The molecule has 1 amide bonds. The van der Waals surface area contributed by atoms with Gasteiger partial charge in [-0.3, -0.25) is 4.79 Å². The molecule has 2 heterocycles. The van der Waals surface area contributed by atoms with Crippen LogP contribution < -0.4 is 0 Å². The summed E-state index contributed by atoms with van der Waals surface area (Å²) in [4.78, 5) is 20.7. The molecule has 2 aromatic rings. The molecule has 0 unspecified atom stereocenters. The second-order valence-corrected chi connectivity index (χ2v) is 4.60. The molecule has 0 fully saturated rings. The summed E-state index contributed by atoms with van der Waals surface area (Å²) in [5.74, 6) is 0.439. The molecule has 102 valence electrons. The lowest BCUT2D eigenvalue weighted by molar-refractivity contribution is -0.126. The van der Waals surface area contributed by atoms with E-state index in [2.05, 4.69) is 9.98 Å². The number of aromatic nitrogens is 1. The van der Waals surface area contributed by atoms with E-state index >= 15 is 0 Å². The number of ether oxygens (including phenoxy) is 1. The van der Waals surface area contributed by atoms with Crippen molar-refractivity contribution in [2.75, 3.05) is 20.7 Å². The Morgan fingerprint density at radius 2 is 2.20 bits per heavy atom. The number of rotatable bonds is 1. The van der Waals surface area contributed by atoms with Crippen LogP contribution in [0.15, 0.2) is 41.2 Å². The zero-order valence-electron chi connectivity index (χ0n) is 11.4. The summed E-state index contributed by atoms with van der Waals surface area (Å²) < 4.78 is 5.26. The molecule has 3 rings (SSSR count). The lowest BCUT2D eigenvalue weighted by Crippen LogP contribution is -2.36. The van der Waals surface area contributed by atoms with Gasteiger partial charge in [0.25, 0.3) is 0 Å². The van der Waals surface area contributed by atoms with Crippen LogP contribution in [-0.2, 0) is 9.53 Å². The van der Waals surface area contributed by atoms with E-state index < -0.39 is 0 Å². The normalized spacial score (nSPS) is 17.7. The molecule has 1 aromatic carbocycles. The minimum Gasteiger partial charge on any atom is -0.480 e. The lowest BCUT2D eigenvalue weighted by Gasteiger charge is -2.24. The van der Waals surface area contributed by atoms with Crippen molar-refractivity contribution < 1.29 is 9.53 Å². The lowest BCUT2D eigenvalue weighted by atomic mass is 10.1. The minimum absolute atomic E-state index is 0.0445. The average Bonchev–Trinajstić information content (AvgIpc) is 2.88. The number of likely N-dealkylation sites (N-methyl/N-ethyl adjacent to an activating group) is 1. The van der Waals surface area contributed by atoms with E-state index in [1.807, 2.05) is 36.5 Å². The molecule has 1 N–H and O–H groups in total. The smallest absolute Gasteiger partial charge is 0.248 e. The van der Waals surface area contributed by atoms with Crippen molar-refractivity contribution in [2.45, 2.75) is 0 Å². The van der Waals surface area contributed by atoms with Crippen molar-refractivity contribution >= 4 is 28.8 Å². The fourth-order valence-corrected chi connectivity index (χ4v) is 2.29. The Kier molecular flexibility index (Phi) is 3.02. The fourth-order valence-electron chi connectivity index (χ4n) is 2.29. The van der Waals surface area contributed by atoms with E-state index in [-0.39, 0.29) is 12.5 Å². The number of hydrogen-bond acceptors (Lipinski definition) is 3. The van der Waals surface area contributed by atoms with Gasteiger partial charge in [-0.1, -0.05) is 18.2 Å². The zero-order valence-corrected chi connectivity index (χ0v) is 11.4. The fraction of sp³-hybridized carbons (Fsp3) is 0.200. The predicted octanol–water partition coefficient (Wildman–Crippen LogP) is 2.03. The first-order valence-electron chi connectivity index (χ1n) is 6.34. The Labute approximate surface area is 116 Å². The van der Waals surface area contributed by atoms with Crippen LogP contribution in [0.4, 0.5) is 0 Å². The summed E-state index contributed by atoms with van der Waals surface area (Å²) in [7, 11) is 3.29. The minimum atomic E-state index is -0.0445. The number of methoxy groups -OCH3 is 1. The van der Waals surface area contributed by atoms with Gasteiger partial charge in [0, 0.05) is 29.7 Å². The molecular formula is C15H15N3O2. The molecule has 0 atom stereocenters. The monoisotopic (exact) mass is 269 g/mol. The van der Waals surface area contributed by atoms with Crippen molar-refractivity contribution in [3.05, 3.63) is 41.7 Å². The summed E-state index contributed by atoms with van der Waals surface area (Å²) in [5, 5.41) is 1.10. The second-order valence-electron chi connectivity index (χ2n) is 4.60. The van der Waals surface area contributed by atoms with Crippen LogP contribution in [-0.4, -0.2) is 42.4 Å². The molecule has 5 heteroatoms. The van der Waals surface area contributed by atoms with Crippen molar-refractivity contribution in [2.24, 2.45) is 4.99 Å². The van der Waals surface area contributed by atoms with Crippen molar-refractivity contribution in [3.8, 4) is 0 Å². The Morgan fingerprint density at radius 3 is 3.00 bits per heavy atom. The molecule has 0 bridgehead atoms. The van der Waals surface area contributed by atoms with Gasteiger partial charge in [-0.15, -0.1) is 0 Å². The summed E-state index contributed by atoms with van der Waals surface area (Å²) in [6.45, 7) is 0.130. The van der Waals surface area contributed by atoms with E-state index in [0.29, 0.717) is 11.6 Å². The van der Waals surface area contributed by atoms with E-state index in [1.54, 1.807) is 19.1 Å². The van der Waals surface area contributed by atoms with Gasteiger partial charge in [0.2, 0.25) is 11.8 Å². The molecule has 0 aliphatic carbocycles. The van der Waals surface area contributed by atoms with Crippen LogP contribution in [0.1, 0.15) is 5.56 Å². The number of aliphatic imine (C=N–C) groups is 1. The Morgan fingerprint density at radius 1 is 1.40 bits per heavy atom. The number of fused-ring (bicyclic) bond motifs is 1. The van der Waals surface area contributed by atoms with Gasteiger partial charge < -0.3 is 14.6 Å². The van der Waals surface area contributed by atoms with Gasteiger partial charge in [0.15, 0.2) is 0 Å².